The van der Waals surface area contributed by atoms with Gasteiger partial charge in [-0.25, -0.2) is 13.2 Å². The summed E-state index contributed by atoms with van der Waals surface area (Å²) >= 11 is 1.84. The number of ether oxygens (including phenoxy) is 1. The number of carbonyl (C=O) groups is 1. The smallest absolute Gasteiger partial charge is 0.330 e. The van der Waals surface area contributed by atoms with Gasteiger partial charge in [-0.2, -0.15) is 0 Å². The number of carbonyl (C=O) groups excluding carboxylic acids is 1. The topological polar surface area (TPSA) is 60.4 Å². The number of esters is 1. The summed E-state index contributed by atoms with van der Waals surface area (Å²) in [6.07, 6.45) is 10.6. The van der Waals surface area contributed by atoms with E-state index in [-0.39, 0.29) is 5.97 Å². The van der Waals surface area contributed by atoms with Crippen LogP contribution in [0.4, 0.5) is 0 Å². The van der Waals surface area contributed by atoms with Crippen LogP contribution < -0.4 is 0 Å². The van der Waals surface area contributed by atoms with Gasteiger partial charge in [0.05, 0.1) is 11.5 Å². The first kappa shape index (κ1) is 24.0. The van der Waals surface area contributed by atoms with Gasteiger partial charge >= 0.3 is 5.97 Å². The Balaban J connectivity index is 1.69. The van der Waals surface area contributed by atoms with Crippen LogP contribution >= 0.6 is 11.8 Å². The van der Waals surface area contributed by atoms with Gasteiger partial charge in [0, 0.05) is 17.2 Å². The fourth-order valence-electron chi connectivity index (χ4n) is 2.67. The maximum Gasteiger partial charge on any atom is 0.330 e. The molecule has 0 N–H and O–H groups in total. The van der Waals surface area contributed by atoms with Crippen LogP contribution in [0.3, 0.4) is 0 Å². The molecule has 2 rings (SSSR count). The molecule has 0 atom stereocenters. The van der Waals surface area contributed by atoms with E-state index in [1.807, 2.05) is 23.9 Å². The Morgan fingerprint density at radius 3 is 2.07 bits per heavy atom. The summed E-state index contributed by atoms with van der Waals surface area (Å²) in [6, 6.07) is 15.3. The van der Waals surface area contributed by atoms with Crippen molar-refractivity contribution in [2.24, 2.45) is 0 Å². The van der Waals surface area contributed by atoms with Crippen LogP contribution in [-0.2, 0) is 19.4 Å². The Kier molecular flexibility index (Phi) is 9.91. The van der Waals surface area contributed by atoms with Gasteiger partial charge in [-0.3, -0.25) is 0 Å². The third-order valence-electron chi connectivity index (χ3n) is 4.37. The quantitative estimate of drug-likeness (QED) is 0.139. The van der Waals surface area contributed by atoms with Crippen molar-refractivity contribution in [2.45, 2.75) is 35.5 Å². The van der Waals surface area contributed by atoms with Crippen LogP contribution in [0.2, 0.25) is 0 Å². The second-order valence-electron chi connectivity index (χ2n) is 6.88. The molecule has 30 heavy (non-hydrogen) atoms. The number of unbranched alkanes of at least 4 members (excludes halogenated alkanes) is 3. The largest absolute Gasteiger partial charge is 0.463 e. The molecule has 0 aliphatic heterocycles. The van der Waals surface area contributed by atoms with E-state index in [2.05, 4.69) is 30.8 Å². The summed E-state index contributed by atoms with van der Waals surface area (Å²) in [5.74, 6) is 0.711. The zero-order chi connectivity index (χ0) is 21.8. The van der Waals surface area contributed by atoms with Crippen molar-refractivity contribution in [2.75, 3.05) is 18.6 Å². The highest BCUT2D eigenvalue weighted by molar-refractivity contribution is 7.99. The van der Waals surface area contributed by atoms with Gasteiger partial charge in [0.15, 0.2) is 9.84 Å². The van der Waals surface area contributed by atoms with Crippen LogP contribution in [0.1, 0.15) is 36.8 Å². The van der Waals surface area contributed by atoms with Crippen molar-refractivity contribution in [3.05, 3.63) is 72.3 Å². The number of rotatable bonds is 12. The number of hydrogen-bond donors (Lipinski definition) is 0. The SMILES string of the molecule is C=CC(=O)OCCCCCCSc1ccc(/C=C/c2ccc(S(C)(=O)=O)cc2)cc1. The van der Waals surface area contributed by atoms with E-state index >= 15 is 0 Å². The Hall–Kier alpha value is -2.31. The average Bonchev–Trinajstić information content (AvgIpc) is 2.74. The molecule has 0 saturated heterocycles. The lowest BCUT2D eigenvalue weighted by Gasteiger charge is -2.04. The van der Waals surface area contributed by atoms with E-state index in [9.17, 15) is 13.2 Å². The van der Waals surface area contributed by atoms with Gasteiger partial charge in [-0.05, 0) is 54.0 Å². The molecule has 0 radical (unpaired) electrons. The minimum absolute atomic E-state index is 0.331. The molecule has 0 aliphatic carbocycles. The summed E-state index contributed by atoms with van der Waals surface area (Å²) in [5, 5.41) is 0. The summed E-state index contributed by atoms with van der Waals surface area (Å²) < 4.78 is 28.0. The predicted molar refractivity (Wildman–Crippen MR) is 125 cm³/mol. The molecule has 0 spiro atoms. The van der Waals surface area contributed by atoms with Gasteiger partial charge in [0.1, 0.15) is 0 Å². The number of benzene rings is 2. The van der Waals surface area contributed by atoms with Gasteiger partial charge in [0.2, 0.25) is 0 Å². The first-order valence-corrected chi connectivity index (χ1v) is 12.8. The lowest BCUT2D eigenvalue weighted by atomic mass is 10.1. The van der Waals surface area contributed by atoms with Crippen molar-refractivity contribution < 1.29 is 17.9 Å². The summed E-state index contributed by atoms with van der Waals surface area (Å²) in [7, 11) is -3.16. The van der Waals surface area contributed by atoms with Crippen molar-refractivity contribution in [1.29, 1.82) is 0 Å². The highest BCUT2D eigenvalue weighted by Gasteiger charge is 2.05. The predicted octanol–water partition coefficient (Wildman–Crippen LogP) is 5.64. The van der Waals surface area contributed by atoms with Crippen LogP contribution in [-0.4, -0.2) is 33.0 Å². The third kappa shape index (κ3) is 9.01. The molecule has 0 fully saturated rings. The lowest BCUT2D eigenvalue weighted by Crippen LogP contribution is -2.01. The molecule has 160 valence electrons. The van der Waals surface area contributed by atoms with Crippen molar-refractivity contribution in [1.82, 2.24) is 0 Å². The molecular formula is C24H28O4S2. The second-order valence-corrected chi connectivity index (χ2v) is 10.1. The van der Waals surface area contributed by atoms with E-state index in [1.54, 1.807) is 24.3 Å². The average molecular weight is 445 g/mol. The van der Waals surface area contributed by atoms with Gasteiger partial charge < -0.3 is 4.74 Å². The first-order valence-electron chi connectivity index (χ1n) is 9.89. The molecule has 6 heteroatoms. The highest BCUT2D eigenvalue weighted by Crippen LogP contribution is 2.21. The summed E-state index contributed by atoms with van der Waals surface area (Å²) in [5.41, 5.74) is 2.06. The summed E-state index contributed by atoms with van der Waals surface area (Å²) in [4.78, 5) is 12.5. The van der Waals surface area contributed by atoms with Crippen molar-refractivity contribution >= 4 is 39.7 Å². The van der Waals surface area contributed by atoms with Crippen molar-refractivity contribution in [3.8, 4) is 0 Å². The Morgan fingerprint density at radius 1 is 0.933 bits per heavy atom. The molecule has 0 aliphatic rings. The molecule has 0 aromatic heterocycles. The molecule has 0 amide bonds. The molecule has 4 nitrogen and oxygen atoms in total. The van der Waals surface area contributed by atoms with Crippen LogP contribution in [0.25, 0.3) is 12.2 Å². The Bertz CT molecular complexity index is 944. The highest BCUT2D eigenvalue weighted by atomic mass is 32.2. The molecule has 0 bridgehead atoms. The molecule has 0 saturated carbocycles. The number of hydrogen-bond acceptors (Lipinski definition) is 5. The van der Waals surface area contributed by atoms with Crippen molar-refractivity contribution in [3.63, 3.8) is 0 Å². The van der Waals surface area contributed by atoms with E-state index in [0.29, 0.717) is 11.5 Å². The fraction of sp³-hybridized carbons (Fsp3) is 0.292. The fourth-order valence-corrected chi connectivity index (χ4v) is 4.22. The standard InChI is InChI=1S/C24H28O4S2/c1-3-24(25)28-18-6-4-5-7-19-29-22-14-10-20(11-15-22)8-9-21-12-16-23(17-13-21)30(2,26)27/h3,8-17H,1,4-7,18-19H2,2H3/b9-8+. The lowest BCUT2D eigenvalue weighted by molar-refractivity contribution is -0.137. The van der Waals surface area contributed by atoms with Crippen LogP contribution in [0.5, 0.6) is 0 Å². The van der Waals surface area contributed by atoms with Gasteiger partial charge in [-0.1, -0.05) is 55.8 Å². The normalized spacial score (nSPS) is 11.5. The second kappa shape index (κ2) is 12.4. The molecule has 2 aromatic rings. The van der Waals surface area contributed by atoms with Gasteiger partial charge in [0.25, 0.3) is 0 Å². The van der Waals surface area contributed by atoms with E-state index in [0.717, 1.165) is 42.6 Å². The Morgan fingerprint density at radius 2 is 1.50 bits per heavy atom. The van der Waals surface area contributed by atoms with Gasteiger partial charge in [-0.15, -0.1) is 11.8 Å². The van der Waals surface area contributed by atoms with Crippen LogP contribution in [0.15, 0.2) is 71.0 Å². The molecule has 0 unspecified atom stereocenters. The zero-order valence-corrected chi connectivity index (χ0v) is 18.9. The molecule has 0 heterocycles. The van der Waals surface area contributed by atoms with E-state index in [4.69, 9.17) is 4.74 Å². The van der Waals surface area contributed by atoms with Crippen LogP contribution in [0, 0.1) is 0 Å². The van der Waals surface area contributed by atoms with E-state index in [1.165, 1.54) is 17.2 Å². The summed E-state index contributed by atoms with van der Waals surface area (Å²) in [6.45, 7) is 3.84. The maximum absolute atomic E-state index is 11.5. The maximum atomic E-state index is 11.5. The minimum atomic E-state index is -3.16. The molecular weight excluding hydrogens is 416 g/mol. The number of thioether (sulfide) groups is 1. The monoisotopic (exact) mass is 444 g/mol. The first-order chi connectivity index (χ1) is 14.4. The Labute approximate surface area is 184 Å². The third-order valence-corrected chi connectivity index (χ3v) is 6.60. The molecule has 2 aromatic carbocycles. The number of sulfone groups is 1. The minimum Gasteiger partial charge on any atom is -0.463 e. The zero-order valence-electron chi connectivity index (χ0n) is 17.3. The van der Waals surface area contributed by atoms with E-state index < -0.39 is 9.84 Å².